The van der Waals surface area contributed by atoms with E-state index in [9.17, 15) is 9.59 Å². The Kier molecular flexibility index (Phi) is 7.30. The van der Waals surface area contributed by atoms with Crippen LogP contribution < -0.4 is 4.90 Å². The van der Waals surface area contributed by atoms with Crippen LogP contribution in [0.15, 0.2) is 42.5 Å². The molecular formula is C22H24Cl2N2O3. The van der Waals surface area contributed by atoms with Gasteiger partial charge in [0.25, 0.3) is 0 Å². The molecule has 1 saturated heterocycles. The number of rotatable bonds is 6. The van der Waals surface area contributed by atoms with Gasteiger partial charge in [0.15, 0.2) is 5.78 Å². The zero-order valence-corrected chi connectivity index (χ0v) is 18.0. The second kappa shape index (κ2) is 9.72. The first-order valence-electron chi connectivity index (χ1n) is 9.60. The lowest BCUT2D eigenvalue weighted by atomic mass is 10.0. The Bertz CT molecular complexity index is 903. The van der Waals surface area contributed by atoms with Gasteiger partial charge in [0.1, 0.15) is 0 Å². The van der Waals surface area contributed by atoms with Crippen LogP contribution in [0, 0.1) is 0 Å². The fourth-order valence-corrected chi connectivity index (χ4v) is 3.77. The fraction of sp³-hybridized carbons (Fsp3) is 0.364. The Balaban J connectivity index is 1.83. The number of hydrogen-bond donors (Lipinski definition) is 0. The number of hydrogen-bond acceptors (Lipinski definition) is 4. The Hall–Kier alpha value is -1.92. The number of nitrogens with zero attached hydrogens (tertiary/aromatic N) is 2. The lowest BCUT2D eigenvalue weighted by molar-refractivity contribution is -0.121. The van der Waals surface area contributed by atoms with E-state index in [1.807, 2.05) is 0 Å². The van der Waals surface area contributed by atoms with Crippen LogP contribution in [0.5, 0.6) is 0 Å². The molecule has 0 bridgehead atoms. The molecule has 2 aromatic carbocycles. The number of morpholine rings is 1. The first kappa shape index (κ1) is 21.8. The molecule has 0 spiro atoms. The molecule has 1 aliphatic heterocycles. The monoisotopic (exact) mass is 434 g/mol. The van der Waals surface area contributed by atoms with Crippen molar-refractivity contribution in [3.05, 3.63) is 63.6 Å². The quantitative estimate of drug-likeness (QED) is 0.635. The Morgan fingerprint density at radius 2 is 1.93 bits per heavy atom. The van der Waals surface area contributed by atoms with E-state index in [2.05, 4.69) is 11.8 Å². The molecule has 7 heteroatoms. The summed E-state index contributed by atoms with van der Waals surface area (Å²) in [7, 11) is 1.67. The van der Waals surface area contributed by atoms with E-state index in [0.717, 1.165) is 13.0 Å². The number of likely N-dealkylation sites (N-methyl/N-ethyl adjacent to an activating group) is 1. The maximum absolute atomic E-state index is 13.1. The number of ketones is 1. The molecule has 0 radical (unpaired) electrons. The first-order chi connectivity index (χ1) is 13.9. The molecule has 2 aromatic rings. The lowest BCUT2D eigenvalue weighted by Gasteiger charge is -2.33. The van der Waals surface area contributed by atoms with Gasteiger partial charge >= 0.3 is 0 Å². The first-order valence-corrected chi connectivity index (χ1v) is 10.4. The predicted octanol–water partition coefficient (Wildman–Crippen LogP) is 4.30. The van der Waals surface area contributed by atoms with Crippen molar-refractivity contribution in [1.29, 1.82) is 0 Å². The number of amides is 1. The van der Waals surface area contributed by atoms with Crippen molar-refractivity contribution >= 4 is 40.6 Å². The number of benzene rings is 2. The average molecular weight is 435 g/mol. The molecule has 1 heterocycles. The van der Waals surface area contributed by atoms with Crippen molar-refractivity contribution < 1.29 is 14.3 Å². The van der Waals surface area contributed by atoms with Gasteiger partial charge in [0.2, 0.25) is 5.91 Å². The summed E-state index contributed by atoms with van der Waals surface area (Å²) in [5.41, 5.74) is 1.22. The summed E-state index contributed by atoms with van der Waals surface area (Å²) in [5, 5.41) is 0.778. The number of halogens is 2. The predicted molar refractivity (Wildman–Crippen MR) is 116 cm³/mol. The van der Waals surface area contributed by atoms with Crippen molar-refractivity contribution in [1.82, 2.24) is 4.90 Å². The minimum atomic E-state index is -0.273. The van der Waals surface area contributed by atoms with Crippen LogP contribution in [-0.2, 0) is 9.53 Å². The van der Waals surface area contributed by atoms with Crippen LogP contribution in [0.3, 0.4) is 0 Å². The van der Waals surface area contributed by atoms with Gasteiger partial charge in [-0.15, -0.1) is 0 Å². The molecular weight excluding hydrogens is 411 g/mol. The average Bonchev–Trinajstić information content (AvgIpc) is 2.73. The van der Waals surface area contributed by atoms with Crippen LogP contribution >= 0.6 is 23.2 Å². The molecule has 1 atom stereocenters. The number of ether oxygens (including phenoxy) is 1. The van der Waals surface area contributed by atoms with E-state index < -0.39 is 0 Å². The number of carbonyl (C=O) groups is 2. The van der Waals surface area contributed by atoms with Crippen molar-refractivity contribution in [2.75, 3.05) is 38.2 Å². The fourth-order valence-electron chi connectivity index (χ4n) is 3.38. The van der Waals surface area contributed by atoms with Crippen LogP contribution in [0.2, 0.25) is 10.0 Å². The van der Waals surface area contributed by atoms with Crippen LogP contribution in [-0.4, -0.2) is 56.0 Å². The highest BCUT2D eigenvalue weighted by molar-refractivity contribution is 6.36. The van der Waals surface area contributed by atoms with E-state index in [1.54, 1.807) is 49.5 Å². The third kappa shape index (κ3) is 5.17. The lowest BCUT2D eigenvalue weighted by Crippen LogP contribution is -2.47. The topological polar surface area (TPSA) is 49.9 Å². The normalized spacial score (nSPS) is 17.2. The van der Waals surface area contributed by atoms with Crippen LogP contribution in [0.4, 0.5) is 5.69 Å². The largest absolute Gasteiger partial charge is 0.376 e. The van der Waals surface area contributed by atoms with Gasteiger partial charge in [0, 0.05) is 36.3 Å². The molecule has 0 aliphatic carbocycles. The van der Waals surface area contributed by atoms with E-state index in [0.29, 0.717) is 40.0 Å². The molecule has 1 aliphatic rings. The van der Waals surface area contributed by atoms with Crippen molar-refractivity contribution in [2.24, 2.45) is 0 Å². The molecule has 29 heavy (non-hydrogen) atoms. The molecule has 0 saturated carbocycles. The highest BCUT2D eigenvalue weighted by Gasteiger charge is 2.25. The number of anilines is 1. The summed E-state index contributed by atoms with van der Waals surface area (Å²) in [4.78, 5) is 29.7. The molecule has 3 rings (SSSR count). The maximum atomic E-state index is 13.1. The molecule has 1 fully saturated rings. The summed E-state index contributed by atoms with van der Waals surface area (Å²) in [6.07, 6.45) is 1.06. The highest BCUT2D eigenvalue weighted by atomic mass is 35.5. The zero-order valence-electron chi connectivity index (χ0n) is 16.5. The Morgan fingerprint density at radius 1 is 1.17 bits per heavy atom. The third-order valence-corrected chi connectivity index (χ3v) is 5.66. The van der Waals surface area contributed by atoms with Gasteiger partial charge < -0.3 is 9.64 Å². The van der Waals surface area contributed by atoms with E-state index in [1.165, 1.54) is 4.90 Å². The van der Waals surface area contributed by atoms with Gasteiger partial charge in [-0.1, -0.05) is 42.3 Å². The van der Waals surface area contributed by atoms with E-state index >= 15 is 0 Å². The summed E-state index contributed by atoms with van der Waals surface area (Å²) in [6, 6.07) is 11.8. The molecule has 154 valence electrons. The molecule has 5 nitrogen and oxygen atoms in total. The standard InChI is InChI=1S/C22H24Cl2N2O3/c1-3-16-13-26(10-11-29-16)14-21(27)25(2)20-9-8-15(23)12-18(20)22(28)17-6-4-5-7-19(17)24/h4-9,12,16H,3,10-11,13-14H2,1-2H3. The molecule has 0 aromatic heterocycles. The smallest absolute Gasteiger partial charge is 0.240 e. The zero-order chi connectivity index (χ0) is 21.0. The van der Waals surface area contributed by atoms with Gasteiger partial charge in [-0.2, -0.15) is 0 Å². The molecule has 0 N–H and O–H groups in total. The summed E-state index contributed by atoms with van der Waals surface area (Å²) < 4.78 is 5.67. The van der Waals surface area contributed by atoms with Crippen molar-refractivity contribution in [2.45, 2.75) is 19.4 Å². The third-order valence-electron chi connectivity index (χ3n) is 5.09. The Labute approximate surface area is 181 Å². The minimum absolute atomic E-state index is 0.0997. The van der Waals surface area contributed by atoms with Crippen LogP contribution in [0.25, 0.3) is 0 Å². The van der Waals surface area contributed by atoms with E-state index in [4.69, 9.17) is 27.9 Å². The van der Waals surface area contributed by atoms with Crippen molar-refractivity contribution in [3.8, 4) is 0 Å². The molecule has 1 amide bonds. The SMILES string of the molecule is CCC1CN(CC(=O)N(C)c2ccc(Cl)cc2C(=O)c2ccccc2Cl)CCO1. The molecule has 1 unspecified atom stereocenters. The second-order valence-electron chi connectivity index (χ2n) is 7.06. The van der Waals surface area contributed by atoms with Crippen LogP contribution in [0.1, 0.15) is 29.3 Å². The summed E-state index contributed by atoms with van der Waals surface area (Å²) in [5.74, 6) is -0.373. The van der Waals surface area contributed by atoms with E-state index in [-0.39, 0.29) is 24.3 Å². The van der Waals surface area contributed by atoms with Crippen molar-refractivity contribution in [3.63, 3.8) is 0 Å². The van der Waals surface area contributed by atoms with Gasteiger partial charge in [-0.05, 0) is 36.8 Å². The minimum Gasteiger partial charge on any atom is -0.376 e. The maximum Gasteiger partial charge on any atom is 0.240 e. The summed E-state index contributed by atoms with van der Waals surface area (Å²) >= 11 is 12.4. The second-order valence-corrected chi connectivity index (χ2v) is 7.90. The Morgan fingerprint density at radius 3 is 2.66 bits per heavy atom. The highest BCUT2D eigenvalue weighted by Crippen LogP contribution is 2.28. The van der Waals surface area contributed by atoms with Gasteiger partial charge in [-0.3, -0.25) is 14.5 Å². The van der Waals surface area contributed by atoms with Gasteiger partial charge in [0.05, 0.1) is 30.0 Å². The van der Waals surface area contributed by atoms with Gasteiger partial charge in [-0.25, -0.2) is 0 Å². The number of carbonyl (C=O) groups excluding carboxylic acids is 2. The summed E-state index contributed by atoms with van der Waals surface area (Å²) in [6.45, 7) is 4.39.